The summed E-state index contributed by atoms with van der Waals surface area (Å²) in [6, 6.07) is 21.5. The Bertz CT molecular complexity index is 890. The van der Waals surface area contributed by atoms with Gasteiger partial charge >= 0.3 is 0 Å². The van der Waals surface area contributed by atoms with Crippen molar-refractivity contribution in [3.05, 3.63) is 66.7 Å². The molecule has 5 heteroatoms. The van der Waals surface area contributed by atoms with Crippen LogP contribution in [0.3, 0.4) is 0 Å². The summed E-state index contributed by atoms with van der Waals surface area (Å²) in [5.74, 6) is 0.500. The van der Waals surface area contributed by atoms with E-state index in [1.54, 1.807) is 0 Å². The monoisotopic (exact) mass is 364 g/mol. The van der Waals surface area contributed by atoms with Crippen LogP contribution < -0.4 is 15.4 Å². The Balaban J connectivity index is 1.59. The van der Waals surface area contributed by atoms with Crippen molar-refractivity contribution in [3.8, 4) is 5.75 Å². The van der Waals surface area contributed by atoms with Crippen LogP contribution in [0.4, 0.5) is 11.4 Å². The minimum atomic E-state index is -0.135. The molecule has 3 aromatic rings. The summed E-state index contributed by atoms with van der Waals surface area (Å²) in [6.45, 7) is 3.72. The maximum absolute atomic E-state index is 12.4. The third kappa shape index (κ3) is 5.21. The Labute approximate surface area is 159 Å². The van der Waals surface area contributed by atoms with Gasteiger partial charge in [0.05, 0.1) is 18.8 Å². The van der Waals surface area contributed by atoms with E-state index in [4.69, 9.17) is 9.47 Å². The maximum atomic E-state index is 12.4. The molecule has 0 unspecified atom stereocenters. The van der Waals surface area contributed by atoms with E-state index in [0.717, 1.165) is 16.5 Å². The van der Waals surface area contributed by atoms with Gasteiger partial charge in [0.15, 0.2) is 0 Å². The molecule has 0 saturated heterocycles. The Kier molecular flexibility index (Phi) is 6.66. The van der Waals surface area contributed by atoms with Crippen molar-refractivity contribution in [2.45, 2.75) is 6.92 Å². The molecule has 140 valence electrons. The number of hydrogen-bond donors (Lipinski definition) is 2. The zero-order valence-corrected chi connectivity index (χ0v) is 15.4. The summed E-state index contributed by atoms with van der Waals surface area (Å²) in [7, 11) is 0. The molecule has 0 saturated carbocycles. The summed E-state index contributed by atoms with van der Waals surface area (Å²) in [4.78, 5) is 12.4. The van der Waals surface area contributed by atoms with Crippen LogP contribution in [0.2, 0.25) is 0 Å². The van der Waals surface area contributed by atoms with Crippen molar-refractivity contribution >= 4 is 28.1 Å². The third-order valence-electron chi connectivity index (χ3n) is 4.08. The highest BCUT2D eigenvalue weighted by atomic mass is 16.5. The number of amides is 1. The Morgan fingerprint density at radius 3 is 2.52 bits per heavy atom. The van der Waals surface area contributed by atoms with E-state index >= 15 is 0 Å². The third-order valence-corrected chi connectivity index (χ3v) is 4.08. The molecule has 27 heavy (non-hydrogen) atoms. The van der Waals surface area contributed by atoms with Gasteiger partial charge in [0, 0.05) is 17.7 Å². The number of para-hydroxylation sites is 2. The Hall–Kier alpha value is -3.05. The van der Waals surface area contributed by atoms with Gasteiger partial charge in [-0.15, -0.1) is 0 Å². The van der Waals surface area contributed by atoms with Crippen molar-refractivity contribution < 1.29 is 14.3 Å². The number of rotatable bonds is 9. The Morgan fingerprint density at radius 1 is 0.889 bits per heavy atom. The molecule has 0 bridgehead atoms. The van der Waals surface area contributed by atoms with E-state index < -0.39 is 0 Å². The molecule has 0 radical (unpaired) electrons. The number of carbonyl (C=O) groups excluding carboxylic acids is 1. The lowest BCUT2D eigenvalue weighted by molar-refractivity contribution is -0.114. The van der Waals surface area contributed by atoms with Crippen molar-refractivity contribution in [3.63, 3.8) is 0 Å². The lowest BCUT2D eigenvalue weighted by atomic mass is 10.1. The average molecular weight is 364 g/mol. The standard InChI is InChI=1S/C22H24N2O3/c1-2-26-14-15-27-21-13-6-5-11-20(21)24-22(25)16-23-19-12-7-9-17-8-3-4-10-18(17)19/h3-13,23H,2,14-16H2,1H3,(H,24,25). The van der Waals surface area contributed by atoms with Crippen LogP contribution in [-0.4, -0.2) is 32.3 Å². The first-order chi connectivity index (χ1) is 13.3. The second-order valence-corrected chi connectivity index (χ2v) is 5.97. The number of anilines is 2. The molecular formula is C22H24N2O3. The molecule has 0 fully saturated rings. The van der Waals surface area contributed by atoms with Gasteiger partial charge in [0.25, 0.3) is 0 Å². The second-order valence-electron chi connectivity index (χ2n) is 5.97. The van der Waals surface area contributed by atoms with Gasteiger partial charge in [-0.3, -0.25) is 4.79 Å². The quantitative estimate of drug-likeness (QED) is 0.556. The molecule has 5 nitrogen and oxygen atoms in total. The highest BCUT2D eigenvalue weighted by molar-refractivity contribution is 5.98. The molecule has 0 aliphatic rings. The van der Waals surface area contributed by atoms with Crippen LogP contribution in [0.25, 0.3) is 10.8 Å². The molecule has 3 rings (SSSR count). The highest BCUT2D eigenvalue weighted by Gasteiger charge is 2.08. The summed E-state index contributed by atoms with van der Waals surface area (Å²) in [5.41, 5.74) is 1.59. The molecule has 0 aliphatic heterocycles. The zero-order valence-electron chi connectivity index (χ0n) is 15.4. The van der Waals surface area contributed by atoms with Crippen LogP contribution >= 0.6 is 0 Å². The van der Waals surface area contributed by atoms with Gasteiger partial charge in [-0.05, 0) is 30.5 Å². The van der Waals surface area contributed by atoms with Crippen LogP contribution in [0.1, 0.15) is 6.92 Å². The molecule has 2 N–H and O–H groups in total. The molecule has 0 heterocycles. The first-order valence-corrected chi connectivity index (χ1v) is 9.09. The second kappa shape index (κ2) is 9.59. The van der Waals surface area contributed by atoms with Crippen LogP contribution in [0.15, 0.2) is 66.7 Å². The maximum Gasteiger partial charge on any atom is 0.243 e. The molecule has 0 spiro atoms. The number of benzene rings is 3. The lowest BCUT2D eigenvalue weighted by Crippen LogP contribution is -2.22. The largest absolute Gasteiger partial charge is 0.489 e. The molecule has 0 aliphatic carbocycles. The van der Waals surface area contributed by atoms with E-state index in [1.165, 1.54) is 0 Å². The molecule has 0 atom stereocenters. The number of nitrogens with one attached hydrogen (secondary N) is 2. The van der Waals surface area contributed by atoms with Gasteiger partial charge in [0.1, 0.15) is 12.4 Å². The van der Waals surface area contributed by atoms with Crippen molar-refractivity contribution in [1.82, 2.24) is 0 Å². The van der Waals surface area contributed by atoms with Crippen LogP contribution in [0, 0.1) is 0 Å². The first kappa shape index (κ1) is 18.7. The smallest absolute Gasteiger partial charge is 0.243 e. The summed E-state index contributed by atoms with van der Waals surface area (Å²) >= 11 is 0. The lowest BCUT2D eigenvalue weighted by Gasteiger charge is -2.13. The van der Waals surface area contributed by atoms with E-state index in [-0.39, 0.29) is 12.5 Å². The van der Waals surface area contributed by atoms with Gasteiger partial charge < -0.3 is 20.1 Å². The molecule has 1 amide bonds. The summed E-state index contributed by atoms with van der Waals surface area (Å²) < 4.78 is 11.0. The van der Waals surface area contributed by atoms with Crippen molar-refractivity contribution in [2.24, 2.45) is 0 Å². The normalized spacial score (nSPS) is 10.6. The van der Waals surface area contributed by atoms with Crippen molar-refractivity contribution in [1.29, 1.82) is 0 Å². The van der Waals surface area contributed by atoms with E-state index in [2.05, 4.69) is 22.8 Å². The fourth-order valence-electron chi connectivity index (χ4n) is 2.80. The minimum Gasteiger partial charge on any atom is -0.489 e. The van der Waals surface area contributed by atoms with E-state index in [9.17, 15) is 4.79 Å². The van der Waals surface area contributed by atoms with Crippen LogP contribution in [-0.2, 0) is 9.53 Å². The fraction of sp³-hybridized carbons (Fsp3) is 0.227. The van der Waals surface area contributed by atoms with Crippen molar-refractivity contribution in [2.75, 3.05) is 37.0 Å². The number of carbonyl (C=O) groups is 1. The van der Waals surface area contributed by atoms with E-state index in [0.29, 0.717) is 31.3 Å². The van der Waals surface area contributed by atoms with E-state index in [1.807, 2.05) is 61.5 Å². The first-order valence-electron chi connectivity index (χ1n) is 9.09. The van der Waals surface area contributed by atoms with Gasteiger partial charge in [-0.1, -0.05) is 48.5 Å². The number of ether oxygens (including phenoxy) is 2. The van der Waals surface area contributed by atoms with Gasteiger partial charge in [-0.25, -0.2) is 0 Å². The predicted octanol–water partition coefficient (Wildman–Crippen LogP) is 4.31. The predicted molar refractivity (Wildman–Crippen MR) is 109 cm³/mol. The van der Waals surface area contributed by atoms with Crippen LogP contribution in [0.5, 0.6) is 5.75 Å². The van der Waals surface area contributed by atoms with Gasteiger partial charge in [-0.2, -0.15) is 0 Å². The average Bonchev–Trinajstić information content (AvgIpc) is 2.71. The fourth-order valence-corrected chi connectivity index (χ4v) is 2.80. The number of hydrogen-bond acceptors (Lipinski definition) is 4. The number of fused-ring (bicyclic) bond motifs is 1. The zero-order chi connectivity index (χ0) is 18.9. The molecular weight excluding hydrogens is 340 g/mol. The summed E-state index contributed by atoms with van der Waals surface area (Å²) in [6.07, 6.45) is 0. The summed E-state index contributed by atoms with van der Waals surface area (Å²) in [5, 5.41) is 8.34. The molecule has 3 aromatic carbocycles. The SMILES string of the molecule is CCOCCOc1ccccc1NC(=O)CNc1cccc2ccccc12. The Morgan fingerprint density at radius 2 is 1.63 bits per heavy atom. The molecule has 0 aromatic heterocycles. The topological polar surface area (TPSA) is 59.6 Å². The highest BCUT2D eigenvalue weighted by Crippen LogP contribution is 2.24. The van der Waals surface area contributed by atoms with Gasteiger partial charge in [0.2, 0.25) is 5.91 Å². The minimum absolute atomic E-state index is 0.135.